The number of nitrogens with zero attached hydrogens (tertiary/aromatic N) is 1. The molecule has 0 aliphatic rings. The van der Waals surface area contributed by atoms with Crippen LogP contribution in [0.3, 0.4) is 0 Å². The number of amides is 1. The van der Waals surface area contributed by atoms with Gasteiger partial charge in [-0.15, -0.1) is 0 Å². The quantitative estimate of drug-likeness (QED) is 0.399. The summed E-state index contributed by atoms with van der Waals surface area (Å²) in [6.45, 7) is 7.81. The molecular formula is C26H28N2O5S. The van der Waals surface area contributed by atoms with Crippen LogP contribution in [0.15, 0.2) is 90.3 Å². The molecular weight excluding hydrogens is 452 g/mol. The van der Waals surface area contributed by atoms with Crippen LogP contribution in [-0.4, -0.2) is 34.1 Å². The molecule has 0 heterocycles. The van der Waals surface area contributed by atoms with Gasteiger partial charge in [0.2, 0.25) is 5.91 Å². The number of carbonyl (C=O) groups excluding carboxylic acids is 1. The number of ether oxygens (including phenoxy) is 2. The Labute approximate surface area is 200 Å². The number of benzene rings is 3. The Kier molecular flexibility index (Phi) is 8.32. The van der Waals surface area contributed by atoms with Crippen LogP contribution >= 0.6 is 0 Å². The van der Waals surface area contributed by atoms with E-state index in [-0.39, 0.29) is 4.90 Å². The Morgan fingerprint density at radius 3 is 2.12 bits per heavy atom. The van der Waals surface area contributed by atoms with Gasteiger partial charge >= 0.3 is 0 Å². The molecule has 0 bridgehead atoms. The van der Waals surface area contributed by atoms with Crippen molar-refractivity contribution >= 4 is 27.3 Å². The van der Waals surface area contributed by atoms with E-state index in [0.717, 1.165) is 9.87 Å². The zero-order valence-electron chi connectivity index (χ0n) is 19.2. The largest absolute Gasteiger partial charge is 0.494 e. The van der Waals surface area contributed by atoms with Gasteiger partial charge in [0.25, 0.3) is 10.0 Å². The van der Waals surface area contributed by atoms with Gasteiger partial charge in [0.15, 0.2) is 0 Å². The Balaban J connectivity index is 1.85. The molecule has 0 spiro atoms. The first-order valence-corrected chi connectivity index (χ1v) is 12.2. The highest BCUT2D eigenvalue weighted by atomic mass is 32.2. The average molecular weight is 481 g/mol. The van der Waals surface area contributed by atoms with E-state index in [9.17, 15) is 13.2 Å². The number of hydrogen-bond donors (Lipinski definition) is 1. The van der Waals surface area contributed by atoms with E-state index in [0.29, 0.717) is 36.1 Å². The predicted molar refractivity (Wildman–Crippen MR) is 134 cm³/mol. The van der Waals surface area contributed by atoms with Crippen LogP contribution < -0.4 is 19.1 Å². The van der Waals surface area contributed by atoms with Gasteiger partial charge in [0.1, 0.15) is 24.7 Å². The first kappa shape index (κ1) is 24.9. The summed E-state index contributed by atoms with van der Waals surface area (Å²) in [5, 5.41) is 2.74. The lowest BCUT2D eigenvalue weighted by Gasteiger charge is -2.24. The standard InChI is InChI=1S/C26H28N2O5S/c1-4-18-33-24-12-8-21(9-13-24)27-26(29)19-28(22-10-14-23(15-11-22)32-5-2)34(30,31)25-16-6-20(3)7-17-25/h4,6-17H,1,5,18-19H2,2-3H3,(H,27,29). The van der Waals surface area contributed by atoms with Crippen LogP contribution in [0.1, 0.15) is 12.5 Å². The molecule has 0 aliphatic carbocycles. The summed E-state index contributed by atoms with van der Waals surface area (Å²) < 4.78 is 38.9. The molecule has 0 aliphatic heterocycles. The molecule has 8 heteroatoms. The van der Waals surface area contributed by atoms with E-state index in [2.05, 4.69) is 11.9 Å². The molecule has 3 aromatic carbocycles. The Hall–Kier alpha value is -3.78. The average Bonchev–Trinajstić information content (AvgIpc) is 2.83. The Morgan fingerprint density at radius 1 is 0.941 bits per heavy atom. The molecule has 3 rings (SSSR count). The zero-order chi connectivity index (χ0) is 24.6. The van der Waals surface area contributed by atoms with Gasteiger partial charge in [-0.3, -0.25) is 9.10 Å². The molecule has 1 N–H and O–H groups in total. The molecule has 3 aromatic rings. The molecule has 34 heavy (non-hydrogen) atoms. The highest BCUT2D eigenvalue weighted by molar-refractivity contribution is 7.92. The summed E-state index contributed by atoms with van der Waals surface area (Å²) in [5.74, 6) is 0.766. The van der Waals surface area contributed by atoms with E-state index < -0.39 is 22.5 Å². The monoisotopic (exact) mass is 480 g/mol. The third-order valence-corrected chi connectivity index (χ3v) is 6.63. The second-order valence-corrected chi connectivity index (χ2v) is 9.29. The summed E-state index contributed by atoms with van der Waals surface area (Å²) in [6, 6.07) is 19.9. The molecule has 0 saturated heterocycles. The zero-order valence-corrected chi connectivity index (χ0v) is 20.0. The maximum atomic E-state index is 13.5. The fourth-order valence-electron chi connectivity index (χ4n) is 3.15. The van der Waals surface area contributed by atoms with Crippen molar-refractivity contribution in [2.24, 2.45) is 0 Å². The minimum absolute atomic E-state index is 0.100. The van der Waals surface area contributed by atoms with E-state index in [1.54, 1.807) is 66.7 Å². The number of carbonyl (C=O) groups is 1. The van der Waals surface area contributed by atoms with Crippen LogP contribution in [0.4, 0.5) is 11.4 Å². The third kappa shape index (κ3) is 6.39. The van der Waals surface area contributed by atoms with Crippen LogP contribution in [-0.2, 0) is 14.8 Å². The number of hydrogen-bond acceptors (Lipinski definition) is 5. The van der Waals surface area contributed by atoms with Crippen molar-refractivity contribution in [2.45, 2.75) is 18.7 Å². The Morgan fingerprint density at radius 2 is 1.53 bits per heavy atom. The van der Waals surface area contributed by atoms with Crippen molar-refractivity contribution in [3.8, 4) is 11.5 Å². The van der Waals surface area contributed by atoms with Crippen LogP contribution in [0, 0.1) is 6.92 Å². The van der Waals surface area contributed by atoms with Gasteiger partial charge < -0.3 is 14.8 Å². The summed E-state index contributed by atoms with van der Waals surface area (Å²) >= 11 is 0. The summed E-state index contributed by atoms with van der Waals surface area (Å²) in [5.41, 5.74) is 1.81. The summed E-state index contributed by atoms with van der Waals surface area (Å²) in [4.78, 5) is 13.0. The number of anilines is 2. The molecule has 0 saturated carbocycles. The van der Waals surface area contributed by atoms with Gasteiger partial charge in [0, 0.05) is 5.69 Å². The van der Waals surface area contributed by atoms with Crippen molar-refractivity contribution in [3.05, 3.63) is 91.0 Å². The molecule has 0 aromatic heterocycles. The summed E-state index contributed by atoms with van der Waals surface area (Å²) in [6.07, 6.45) is 1.64. The normalized spacial score (nSPS) is 10.9. The van der Waals surface area contributed by atoms with Crippen LogP contribution in [0.5, 0.6) is 11.5 Å². The molecule has 1 amide bonds. The molecule has 7 nitrogen and oxygen atoms in total. The maximum Gasteiger partial charge on any atom is 0.264 e. The number of aryl methyl sites for hydroxylation is 1. The lowest BCUT2D eigenvalue weighted by molar-refractivity contribution is -0.114. The third-order valence-electron chi connectivity index (χ3n) is 4.84. The molecule has 178 valence electrons. The smallest absolute Gasteiger partial charge is 0.264 e. The van der Waals surface area contributed by atoms with E-state index in [1.807, 2.05) is 13.8 Å². The highest BCUT2D eigenvalue weighted by Crippen LogP contribution is 2.26. The maximum absolute atomic E-state index is 13.5. The lowest BCUT2D eigenvalue weighted by Crippen LogP contribution is -2.38. The fourth-order valence-corrected chi connectivity index (χ4v) is 4.57. The van der Waals surface area contributed by atoms with Gasteiger partial charge in [-0.1, -0.05) is 30.4 Å². The minimum Gasteiger partial charge on any atom is -0.494 e. The number of sulfonamides is 1. The fraction of sp³-hybridized carbons (Fsp3) is 0.192. The summed E-state index contributed by atoms with van der Waals surface area (Å²) in [7, 11) is -4.00. The van der Waals surface area contributed by atoms with Gasteiger partial charge in [0.05, 0.1) is 17.2 Å². The SMILES string of the molecule is C=CCOc1ccc(NC(=O)CN(c2ccc(OCC)cc2)S(=O)(=O)c2ccc(C)cc2)cc1. The molecule has 0 unspecified atom stereocenters. The van der Waals surface area contributed by atoms with Crippen molar-refractivity contribution in [3.63, 3.8) is 0 Å². The molecule has 0 fully saturated rings. The second kappa shape index (κ2) is 11.4. The molecule has 0 radical (unpaired) electrons. The lowest BCUT2D eigenvalue weighted by atomic mass is 10.2. The van der Waals surface area contributed by atoms with Crippen LogP contribution in [0.25, 0.3) is 0 Å². The molecule has 0 atom stereocenters. The van der Waals surface area contributed by atoms with Gasteiger partial charge in [-0.2, -0.15) is 0 Å². The van der Waals surface area contributed by atoms with Gasteiger partial charge in [-0.25, -0.2) is 8.42 Å². The second-order valence-electron chi connectivity index (χ2n) is 7.42. The highest BCUT2D eigenvalue weighted by Gasteiger charge is 2.27. The first-order valence-electron chi connectivity index (χ1n) is 10.8. The van der Waals surface area contributed by atoms with Crippen molar-refractivity contribution in [1.82, 2.24) is 0 Å². The van der Waals surface area contributed by atoms with Crippen molar-refractivity contribution in [1.29, 1.82) is 0 Å². The van der Waals surface area contributed by atoms with Gasteiger partial charge in [-0.05, 0) is 74.5 Å². The van der Waals surface area contributed by atoms with E-state index in [4.69, 9.17) is 9.47 Å². The first-order chi connectivity index (χ1) is 16.3. The minimum atomic E-state index is -4.00. The van der Waals surface area contributed by atoms with Crippen molar-refractivity contribution < 1.29 is 22.7 Å². The predicted octanol–water partition coefficient (Wildman–Crippen LogP) is 4.79. The van der Waals surface area contributed by atoms with E-state index in [1.165, 1.54) is 12.1 Å². The topological polar surface area (TPSA) is 84.9 Å². The van der Waals surface area contributed by atoms with Crippen LogP contribution in [0.2, 0.25) is 0 Å². The van der Waals surface area contributed by atoms with E-state index >= 15 is 0 Å². The number of rotatable bonds is 11. The van der Waals surface area contributed by atoms with Crippen molar-refractivity contribution in [2.75, 3.05) is 29.4 Å². The Bertz CT molecular complexity index is 1210. The number of nitrogens with one attached hydrogen (secondary N) is 1.